The van der Waals surface area contributed by atoms with Crippen LogP contribution in [0.2, 0.25) is 0 Å². The fraction of sp³-hybridized carbons (Fsp3) is 0.333. The Bertz CT molecular complexity index is 737. The van der Waals surface area contributed by atoms with E-state index >= 15 is 0 Å². The van der Waals surface area contributed by atoms with Crippen molar-refractivity contribution in [2.75, 3.05) is 0 Å². The van der Waals surface area contributed by atoms with Crippen molar-refractivity contribution < 1.29 is 9.53 Å². The Kier molecular flexibility index (Phi) is 2.99. The third-order valence-corrected chi connectivity index (χ3v) is 4.42. The van der Waals surface area contributed by atoms with Crippen LogP contribution in [0, 0.1) is 0 Å². The van der Waals surface area contributed by atoms with Gasteiger partial charge in [0.2, 0.25) is 5.90 Å². The average Bonchev–Trinajstić information content (AvgIpc) is 2.53. The van der Waals surface area contributed by atoms with Crippen molar-refractivity contribution in [1.29, 1.82) is 0 Å². The predicted octanol–water partition coefficient (Wildman–Crippen LogP) is 4.09. The van der Waals surface area contributed by atoms with Gasteiger partial charge in [-0.15, -0.1) is 0 Å². The summed E-state index contributed by atoms with van der Waals surface area (Å²) >= 11 is 0. The SMILES string of the molecule is O=C1OC(=NC2CCCCC2)c2cccc3cccc1c23. The lowest BCUT2D eigenvalue weighted by Gasteiger charge is -2.22. The molecule has 0 atom stereocenters. The first kappa shape index (κ1) is 12.6. The van der Waals surface area contributed by atoms with E-state index in [4.69, 9.17) is 9.73 Å². The first-order valence-electron chi connectivity index (χ1n) is 7.65. The Labute approximate surface area is 123 Å². The number of hydrogen-bond acceptors (Lipinski definition) is 3. The van der Waals surface area contributed by atoms with Crippen LogP contribution in [0.5, 0.6) is 0 Å². The highest BCUT2D eigenvalue weighted by molar-refractivity contribution is 6.22. The molecule has 0 saturated heterocycles. The van der Waals surface area contributed by atoms with Crippen LogP contribution >= 0.6 is 0 Å². The maximum Gasteiger partial charge on any atom is 0.345 e. The zero-order valence-electron chi connectivity index (χ0n) is 11.8. The molecule has 3 heteroatoms. The zero-order valence-corrected chi connectivity index (χ0v) is 11.8. The molecule has 0 N–H and O–H groups in total. The molecule has 2 aliphatic rings. The molecule has 1 aliphatic heterocycles. The molecular weight excluding hydrogens is 262 g/mol. The smallest absolute Gasteiger partial charge is 0.345 e. The molecule has 3 nitrogen and oxygen atoms in total. The summed E-state index contributed by atoms with van der Waals surface area (Å²) in [5, 5.41) is 2.05. The van der Waals surface area contributed by atoms with Crippen LogP contribution in [0.25, 0.3) is 10.8 Å². The second-order valence-electron chi connectivity index (χ2n) is 5.82. The van der Waals surface area contributed by atoms with Crippen LogP contribution < -0.4 is 0 Å². The lowest BCUT2D eigenvalue weighted by molar-refractivity contribution is 0.0714. The van der Waals surface area contributed by atoms with Crippen molar-refractivity contribution in [2.24, 2.45) is 4.99 Å². The third kappa shape index (κ3) is 2.13. The van der Waals surface area contributed by atoms with E-state index in [2.05, 4.69) is 0 Å². The highest BCUT2D eigenvalue weighted by Crippen LogP contribution is 2.30. The molecule has 2 aromatic rings. The number of benzene rings is 2. The van der Waals surface area contributed by atoms with E-state index < -0.39 is 0 Å². The highest BCUT2D eigenvalue weighted by atomic mass is 16.5. The third-order valence-electron chi connectivity index (χ3n) is 4.42. The van der Waals surface area contributed by atoms with Crippen molar-refractivity contribution in [3.63, 3.8) is 0 Å². The molecule has 0 unspecified atom stereocenters. The van der Waals surface area contributed by atoms with E-state index in [0.717, 1.165) is 29.2 Å². The van der Waals surface area contributed by atoms with Crippen LogP contribution in [0.1, 0.15) is 48.0 Å². The Hall–Kier alpha value is -2.16. The number of nitrogens with zero attached hydrogens (tertiary/aromatic N) is 1. The van der Waals surface area contributed by atoms with Crippen LogP contribution in [-0.2, 0) is 4.74 Å². The summed E-state index contributed by atoms with van der Waals surface area (Å²) in [6.07, 6.45) is 5.92. The summed E-state index contributed by atoms with van der Waals surface area (Å²) in [5.41, 5.74) is 1.60. The zero-order chi connectivity index (χ0) is 14.2. The van der Waals surface area contributed by atoms with Crippen molar-refractivity contribution in [1.82, 2.24) is 0 Å². The second kappa shape index (κ2) is 4.99. The van der Waals surface area contributed by atoms with Gasteiger partial charge in [-0.25, -0.2) is 9.79 Å². The van der Waals surface area contributed by atoms with Gasteiger partial charge in [0, 0.05) is 10.9 Å². The highest BCUT2D eigenvalue weighted by Gasteiger charge is 2.26. The minimum atomic E-state index is -0.283. The summed E-state index contributed by atoms with van der Waals surface area (Å²) in [5.74, 6) is 0.227. The summed E-state index contributed by atoms with van der Waals surface area (Å²) in [6, 6.07) is 12.1. The quantitative estimate of drug-likeness (QED) is 0.737. The molecule has 4 rings (SSSR count). The van der Waals surface area contributed by atoms with E-state index in [1.165, 1.54) is 19.3 Å². The number of cyclic esters (lactones) is 1. The molecule has 1 saturated carbocycles. The Morgan fingerprint density at radius 1 is 0.952 bits per heavy atom. The molecule has 21 heavy (non-hydrogen) atoms. The fourth-order valence-corrected chi connectivity index (χ4v) is 3.36. The number of carbonyl (C=O) groups excluding carboxylic acids is 1. The molecule has 106 valence electrons. The molecule has 0 radical (unpaired) electrons. The van der Waals surface area contributed by atoms with E-state index in [9.17, 15) is 4.79 Å². The van der Waals surface area contributed by atoms with Crippen molar-refractivity contribution in [2.45, 2.75) is 38.1 Å². The van der Waals surface area contributed by atoms with Gasteiger partial charge in [0.25, 0.3) is 0 Å². The van der Waals surface area contributed by atoms with Gasteiger partial charge in [0.1, 0.15) is 0 Å². The molecule has 0 spiro atoms. The maximum absolute atomic E-state index is 12.2. The standard InChI is InChI=1S/C18H17NO2/c20-18-15-11-5-7-12-6-4-10-14(16(12)15)17(21-18)19-13-8-2-1-3-9-13/h4-7,10-11,13H,1-3,8-9H2. The van der Waals surface area contributed by atoms with Crippen molar-refractivity contribution in [3.05, 3.63) is 47.5 Å². The average molecular weight is 279 g/mol. The second-order valence-corrected chi connectivity index (χ2v) is 5.82. The summed E-state index contributed by atoms with van der Waals surface area (Å²) in [4.78, 5) is 17.0. The molecule has 1 aliphatic carbocycles. The molecular formula is C18H17NO2. The first-order chi connectivity index (χ1) is 10.3. The van der Waals surface area contributed by atoms with Gasteiger partial charge in [0.15, 0.2) is 0 Å². The fourth-order valence-electron chi connectivity index (χ4n) is 3.36. The number of hydrogen-bond donors (Lipinski definition) is 0. The topological polar surface area (TPSA) is 38.7 Å². The summed E-state index contributed by atoms with van der Waals surface area (Å²) in [6.45, 7) is 0. The monoisotopic (exact) mass is 279 g/mol. The normalized spacial score (nSPS) is 20.8. The molecule has 0 bridgehead atoms. The van der Waals surface area contributed by atoms with E-state index in [0.29, 0.717) is 17.5 Å². The van der Waals surface area contributed by atoms with Crippen LogP contribution in [0.4, 0.5) is 0 Å². The Morgan fingerprint density at radius 3 is 2.43 bits per heavy atom. The van der Waals surface area contributed by atoms with E-state index in [-0.39, 0.29) is 5.97 Å². The Morgan fingerprint density at radius 2 is 1.67 bits per heavy atom. The van der Waals surface area contributed by atoms with Crippen LogP contribution in [0.15, 0.2) is 41.4 Å². The van der Waals surface area contributed by atoms with Gasteiger partial charge in [-0.2, -0.15) is 0 Å². The summed E-state index contributed by atoms with van der Waals surface area (Å²) < 4.78 is 5.52. The predicted molar refractivity (Wildman–Crippen MR) is 82.8 cm³/mol. The lowest BCUT2D eigenvalue weighted by atomic mass is 9.95. The number of esters is 1. The summed E-state index contributed by atoms with van der Waals surface area (Å²) in [7, 11) is 0. The minimum absolute atomic E-state index is 0.283. The minimum Gasteiger partial charge on any atom is -0.404 e. The molecule has 0 amide bonds. The van der Waals surface area contributed by atoms with Gasteiger partial charge in [-0.05, 0) is 30.4 Å². The van der Waals surface area contributed by atoms with Gasteiger partial charge >= 0.3 is 5.97 Å². The molecule has 2 aromatic carbocycles. The number of carbonyl (C=O) groups is 1. The molecule has 1 heterocycles. The largest absolute Gasteiger partial charge is 0.404 e. The molecule has 1 fully saturated rings. The van der Waals surface area contributed by atoms with Gasteiger partial charge in [-0.3, -0.25) is 0 Å². The van der Waals surface area contributed by atoms with Crippen LogP contribution in [0.3, 0.4) is 0 Å². The van der Waals surface area contributed by atoms with Crippen LogP contribution in [-0.4, -0.2) is 17.9 Å². The van der Waals surface area contributed by atoms with E-state index in [1.54, 1.807) is 0 Å². The first-order valence-corrected chi connectivity index (χ1v) is 7.65. The van der Waals surface area contributed by atoms with Gasteiger partial charge in [0.05, 0.1) is 11.6 Å². The Balaban J connectivity index is 1.86. The van der Waals surface area contributed by atoms with E-state index in [1.807, 2.05) is 36.4 Å². The maximum atomic E-state index is 12.2. The van der Waals surface area contributed by atoms with Crippen molar-refractivity contribution >= 4 is 22.6 Å². The van der Waals surface area contributed by atoms with Gasteiger partial charge < -0.3 is 4.74 Å². The van der Waals surface area contributed by atoms with Crippen molar-refractivity contribution in [3.8, 4) is 0 Å². The van der Waals surface area contributed by atoms with Gasteiger partial charge in [-0.1, -0.05) is 43.5 Å². The number of aliphatic imine (C=N–C) groups is 1. The number of ether oxygens (including phenoxy) is 1. The lowest BCUT2D eigenvalue weighted by Crippen LogP contribution is -2.23. The number of rotatable bonds is 1. The molecule has 0 aromatic heterocycles.